The van der Waals surface area contributed by atoms with Gasteiger partial charge in [0, 0.05) is 18.9 Å². The predicted molar refractivity (Wildman–Crippen MR) is 201 cm³/mol. The first kappa shape index (κ1) is 39.3. The van der Waals surface area contributed by atoms with Crippen LogP contribution in [0.15, 0.2) is 103 Å². The van der Waals surface area contributed by atoms with Crippen LogP contribution in [0, 0.1) is 19.8 Å². The van der Waals surface area contributed by atoms with E-state index in [9.17, 15) is 19.2 Å². The Balaban J connectivity index is 1.35. The van der Waals surface area contributed by atoms with Gasteiger partial charge in [0.2, 0.25) is 11.8 Å². The minimum absolute atomic E-state index is 0.128. The molecule has 0 bridgehead atoms. The van der Waals surface area contributed by atoms with Crippen molar-refractivity contribution in [3.63, 3.8) is 0 Å². The molecule has 4 aromatic rings. The van der Waals surface area contributed by atoms with Gasteiger partial charge in [-0.15, -0.1) is 0 Å². The van der Waals surface area contributed by atoms with Gasteiger partial charge in [-0.1, -0.05) is 91.0 Å². The van der Waals surface area contributed by atoms with Gasteiger partial charge in [-0.05, 0) is 91.5 Å². The van der Waals surface area contributed by atoms with Crippen molar-refractivity contribution in [2.45, 2.75) is 77.7 Å². The lowest BCUT2D eigenvalue weighted by molar-refractivity contribution is -0.131. The number of unbranched alkanes of at least 4 members (excludes halogenated alkanes) is 1. The molecule has 3 atom stereocenters. The molecule has 4 aromatic carbocycles. The summed E-state index contributed by atoms with van der Waals surface area (Å²) in [5, 5.41) is 5.59. The molecular formula is C42H50N4O6. The van der Waals surface area contributed by atoms with Crippen LogP contribution in [0.5, 0.6) is 5.75 Å². The number of benzene rings is 4. The predicted octanol–water partition coefficient (Wildman–Crippen LogP) is 5.64. The average Bonchev–Trinajstić information content (AvgIpc) is 3.14. The molecule has 1 unspecified atom stereocenters. The quantitative estimate of drug-likeness (QED) is 0.0865. The molecule has 0 aliphatic rings. The molecule has 0 spiro atoms. The third-order valence-electron chi connectivity index (χ3n) is 8.96. The first-order valence-corrected chi connectivity index (χ1v) is 17.7. The maximum absolute atomic E-state index is 13.7. The number of hydrogen-bond donors (Lipinski definition) is 4. The Bertz CT molecular complexity index is 1730. The van der Waals surface area contributed by atoms with Gasteiger partial charge in [0.15, 0.2) is 5.78 Å². The molecule has 0 radical (unpaired) electrons. The van der Waals surface area contributed by atoms with Gasteiger partial charge in [-0.2, -0.15) is 0 Å². The Labute approximate surface area is 306 Å². The summed E-state index contributed by atoms with van der Waals surface area (Å²) in [6, 6.07) is 30.7. The summed E-state index contributed by atoms with van der Waals surface area (Å²) in [7, 11) is 0. The zero-order valence-corrected chi connectivity index (χ0v) is 30.0. The number of nitrogens with two attached hydrogens (primary N) is 2. The smallest absolute Gasteiger partial charge is 0.407 e. The van der Waals surface area contributed by atoms with E-state index in [0.717, 1.165) is 39.1 Å². The van der Waals surface area contributed by atoms with Crippen LogP contribution in [0.25, 0.3) is 0 Å². The van der Waals surface area contributed by atoms with E-state index >= 15 is 0 Å². The van der Waals surface area contributed by atoms with Crippen molar-refractivity contribution in [2.24, 2.45) is 17.4 Å². The molecular weight excluding hydrogens is 656 g/mol. The summed E-state index contributed by atoms with van der Waals surface area (Å²) >= 11 is 0. The SMILES string of the molecule is Cc1cc(OCc2ccccc2)cc(C)c1C[C@H](N)C(=O)N[C@@H](CCCCNC(=O)OCc1ccccc1)C(=O)CC(Cc1ccccc1)C(N)=O. The molecule has 274 valence electrons. The number of carbonyl (C=O) groups is 4. The lowest BCUT2D eigenvalue weighted by Gasteiger charge is -2.23. The van der Waals surface area contributed by atoms with Crippen molar-refractivity contribution in [1.82, 2.24) is 10.6 Å². The van der Waals surface area contributed by atoms with E-state index in [1.807, 2.05) is 117 Å². The number of carbonyl (C=O) groups excluding carboxylic acids is 4. The van der Waals surface area contributed by atoms with Gasteiger partial charge in [0.25, 0.3) is 0 Å². The van der Waals surface area contributed by atoms with Crippen molar-refractivity contribution in [1.29, 1.82) is 0 Å². The number of hydrogen-bond acceptors (Lipinski definition) is 7. The maximum atomic E-state index is 13.7. The first-order valence-electron chi connectivity index (χ1n) is 17.7. The summed E-state index contributed by atoms with van der Waals surface area (Å²) in [6.07, 6.45) is 1.23. The van der Waals surface area contributed by atoms with E-state index in [4.69, 9.17) is 20.9 Å². The largest absolute Gasteiger partial charge is 0.489 e. The fourth-order valence-electron chi connectivity index (χ4n) is 6.00. The van der Waals surface area contributed by atoms with Gasteiger partial charge in [-0.25, -0.2) is 4.79 Å². The zero-order valence-electron chi connectivity index (χ0n) is 30.0. The topological polar surface area (TPSA) is 163 Å². The first-order chi connectivity index (χ1) is 25.1. The van der Waals surface area contributed by atoms with Crippen LogP contribution in [0.1, 0.15) is 59.1 Å². The molecule has 10 nitrogen and oxygen atoms in total. The number of Topliss-reactive ketones (excluding diaryl/α,β-unsaturated/α-hetero) is 1. The van der Waals surface area contributed by atoms with Crippen molar-refractivity contribution < 1.29 is 28.7 Å². The van der Waals surface area contributed by atoms with E-state index < -0.39 is 35.9 Å². The number of ketones is 1. The minimum Gasteiger partial charge on any atom is -0.489 e. The van der Waals surface area contributed by atoms with Gasteiger partial charge in [-0.3, -0.25) is 14.4 Å². The van der Waals surface area contributed by atoms with E-state index in [1.165, 1.54) is 0 Å². The fraction of sp³-hybridized carbons (Fsp3) is 0.333. The van der Waals surface area contributed by atoms with Gasteiger partial charge >= 0.3 is 6.09 Å². The van der Waals surface area contributed by atoms with E-state index in [1.54, 1.807) is 0 Å². The molecule has 4 rings (SSSR count). The number of primary amides is 1. The Morgan fingerprint density at radius 1 is 0.731 bits per heavy atom. The normalized spacial score (nSPS) is 12.6. The second-order valence-electron chi connectivity index (χ2n) is 13.1. The number of nitrogens with one attached hydrogen (secondary N) is 2. The summed E-state index contributed by atoms with van der Waals surface area (Å²) in [5.41, 5.74) is 17.8. The highest BCUT2D eigenvalue weighted by atomic mass is 16.5. The number of aryl methyl sites for hydroxylation is 2. The Morgan fingerprint density at radius 2 is 1.29 bits per heavy atom. The third-order valence-corrected chi connectivity index (χ3v) is 8.96. The lowest BCUT2D eigenvalue weighted by Crippen LogP contribution is -2.50. The van der Waals surface area contributed by atoms with Gasteiger partial charge in [0.05, 0.1) is 12.1 Å². The molecule has 0 aromatic heterocycles. The van der Waals surface area contributed by atoms with Gasteiger partial charge < -0.3 is 31.6 Å². The molecule has 6 N–H and O–H groups in total. The second-order valence-corrected chi connectivity index (χ2v) is 13.1. The highest BCUT2D eigenvalue weighted by Gasteiger charge is 2.28. The molecule has 0 saturated carbocycles. The van der Waals surface area contributed by atoms with Crippen LogP contribution < -0.4 is 26.8 Å². The molecule has 10 heteroatoms. The summed E-state index contributed by atoms with van der Waals surface area (Å²) in [6.45, 7) is 4.83. The highest BCUT2D eigenvalue weighted by Crippen LogP contribution is 2.24. The molecule has 0 saturated heterocycles. The minimum atomic E-state index is -0.930. The Morgan fingerprint density at radius 3 is 1.87 bits per heavy atom. The van der Waals surface area contributed by atoms with Crippen LogP contribution in [0.3, 0.4) is 0 Å². The monoisotopic (exact) mass is 706 g/mol. The Hall–Kier alpha value is -5.48. The molecule has 0 heterocycles. The standard InChI is InChI=1S/C42H50N4O6/c1-29-22-35(51-27-32-16-8-4-9-17-32)23-30(2)36(29)26-37(43)41(49)46-38(39(47)25-34(40(44)48)24-31-14-6-3-7-15-31)20-12-13-21-45-42(50)52-28-33-18-10-5-11-19-33/h3-11,14-19,22-23,34,37-38H,12-13,20-21,24-28,43H2,1-2H3,(H2,44,48)(H,45,50)(H,46,49)/t34?,37-,38-/m0/s1. The van der Waals surface area contributed by atoms with Crippen molar-refractivity contribution in [3.05, 3.63) is 137 Å². The Kier molecular flexibility index (Phi) is 15.4. The average molecular weight is 707 g/mol. The second kappa shape index (κ2) is 20.4. The molecule has 0 fully saturated rings. The van der Waals surface area contributed by atoms with Crippen LogP contribution >= 0.6 is 0 Å². The summed E-state index contributed by atoms with van der Waals surface area (Å²) in [5.74, 6) is -1.37. The van der Waals surface area contributed by atoms with Crippen LogP contribution in [-0.4, -0.2) is 42.3 Å². The molecule has 0 aliphatic carbocycles. The number of amides is 3. The summed E-state index contributed by atoms with van der Waals surface area (Å²) in [4.78, 5) is 51.8. The molecule has 0 aliphatic heterocycles. The molecule has 52 heavy (non-hydrogen) atoms. The van der Waals surface area contributed by atoms with E-state index in [2.05, 4.69) is 10.6 Å². The zero-order chi connectivity index (χ0) is 37.3. The van der Waals surface area contributed by atoms with E-state index in [0.29, 0.717) is 38.8 Å². The van der Waals surface area contributed by atoms with Crippen molar-refractivity contribution in [2.75, 3.05) is 6.54 Å². The van der Waals surface area contributed by atoms with Crippen LogP contribution in [-0.2, 0) is 45.2 Å². The summed E-state index contributed by atoms with van der Waals surface area (Å²) < 4.78 is 11.3. The third kappa shape index (κ3) is 13.0. The van der Waals surface area contributed by atoms with E-state index in [-0.39, 0.29) is 25.2 Å². The van der Waals surface area contributed by atoms with Gasteiger partial charge in [0.1, 0.15) is 19.0 Å². The maximum Gasteiger partial charge on any atom is 0.407 e. The molecule has 3 amide bonds. The number of alkyl carbamates (subject to hydrolysis) is 1. The van der Waals surface area contributed by atoms with Crippen LogP contribution in [0.2, 0.25) is 0 Å². The lowest BCUT2D eigenvalue weighted by atomic mass is 9.90. The van der Waals surface area contributed by atoms with Crippen molar-refractivity contribution in [3.8, 4) is 5.75 Å². The number of ether oxygens (including phenoxy) is 2. The highest BCUT2D eigenvalue weighted by molar-refractivity contribution is 5.93. The fourth-order valence-corrected chi connectivity index (χ4v) is 6.00. The van der Waals surface area contributed by atoms with Crippen molar-refractivity contribution >= 4 is 23.7 Å². The van der Waals surface area contributed by atoms with Crippen LogP contribution in [0.4, 0.5) is 4.79 Å². The number of rotatable bonds is 20.